The third-order valence-corrected chi connectivity index (χ3v) is 3.48. The van der Waals surface area contributed by atoms with Crippen LogP contribution >= 0.6 is 0 Å². The average Bonchev–Trinajstić information content (AvgIpc) is 2.57. The van der Waals surface area contributed by atoms with Gasteiger partial charge in [0.05, 0.1) is 25.4 Å². The Balaban J connectivity index is 2.30. The molecule has 1 rings (SSSR count). The van der Waals surface area contributed by atoms with Gasteiger partial charge >= 0.3 is 0 Å². The van der Waals surface area contributed by atoms with E-state index in [1.165, 1.54) is 0 Å². The molecule has 0 aromatic heterocycles. The van der Waals surface area contributed by atoms with Crippen molar-refractivity contribution in [3.63, 3.8) is 0 Å². The lowest BCUT2D eigenvalue weighted by molar-refractivity contribution is -0.0341. The van der Waals surface area contributed by atoms with E-state index in [0.29, 0.717) is 44.0 Å². The average molecular weight is 379 g/mol. The Kier molecular flexibility index (Phi) is 8.93. The first-order chi connectivity index (χ1) is 12.5. The number of carbonyl (C=O) groups excluding carboxylic acids is 2. The highest BCUT2D eigenvalue weighted by atomic mass is 16.5. The maximum atomic E-state index is 12.1. The van der Waals surface area contributed by atoms with Crippen molar-refractivity contribution in [3.05, 3.63) is 35.4 Å². The van der Waals surface area contributed by atoms with Crippen molar-refractivity contribution in [2.75, 3.05) is 32.9 Å². The molecule has 0 fully saturated rings. The highest BCUT2D eigenvalue weighted by Gasteiger charge is 2.14. The van der Waals surface area contributed by atoms with Crippen LogP contribution in [0.3, 0.4) is 0 Å². The molecular weight excluding hydrogens is 344 g/mol. The van der Waals surface area contributed by atoms with Crippen molar-refractivity contribution >= 4 is 11.8 Å². The number of hydrogen-bond acceptors (Lipinski definition) is 4. The maximum Gasteiger partial charge on any atom is 0.251 e. The van der Waals surface area contributed by atoms with E-state index in [-0.39, 0.29) is 22.8 Å². The van der Waals surface area contributed by atoms with Gasteiger partial charge in [0.1, 0.15) is 0 Å². The molecular formula is C21H34N2O4. The number of nitrogens with one attached hydrogen (secondary N) is 2. The van der Waals surface area contributed by atoms with Crippen LogP contribution in [0.2, 0.25) is 0 Å². The molecule has 0 spiro atoms. The monoisotopic (exact) mass is 378 g/mol. The van der Waals surface area contributed by atoms with Crippen LogP contribution in [-0.2, 0) is 9.47 Å². The molecule has 2 N–H and O–H groups in total. The van der Waals surface area contributed by atoms with Crippen LogP contribution in [0.15, 0.2) is 24.3 Å². The van der Waals surface area contributed by atoms with E-state index < -0.39 is 0 Å². The first kappa shape index (κ1) is 23.1. The van der Waals surface area contributed by atoms with E-state index in [1.54, 1.807) is 24.3 Å². The van der Waals surface area contributed by atoms with E-state index in [1.807, 2.05) is 20.8 Å². The van der Waals surface area contributed by atoms with Crippen LogP contribution in [0.4, 0.5) is 0 Å². The van der Waals surface area contributed by atoms with Gasteiger partial charge in [-0.3, -0.25) is 9.59 Å². The summed E-state index contributed by atoms with van der Waals surface area (Å²) in [5, 5.41) is 5.68. The molecule has 0 aliphatic rings. The summed E-state index contributed by atoms with van der Waals surface area (Å²) >= 11 is 0. The lowest BCUT2D eigenvalue weighted by atomic mass is 9.97. The van der Waals surface area contributed by atoms with Gasteiger partial charge < -0.3 is 20.1 Å². The van der Waals surface area contributed by atoms with Crippen molar-refractivity contribution in [3.8, 4) is 0 Å². The quantitative estimate of drug-likeness (QED) is 0.648. The smallest absolute Gasteiger partial charge is 0.251 e. The van der Waals surface area contributed by atoms with Gasteiger partial charge in [-0.2, -0.15) is 0 Å². The zero-order valence-corrected chi connectivity index (χ0v) is 17.5. The van der Waals surface area contributed by atoms with E-state index >= 15 is 0 Å². The molecule has 27 heavy (non-hydrogen) atoms. The highest BCUT2D eigenvalue weighted by molar-refractivity contribution is 5.97. The third kappa shape index (κ3) is 10.7. The zero-order chi connectivity index (χ0) is 20.5. The Morgan fingerprint density at radius 1 is 0.815 bits per heavy atom. The fraction of sp³-hybridized carbons (Fsp3) is 0.619. The van der Waals surface area contributed by atoms with Crippen molar-refractivity contribution in [1.29, 1.82) is 0 Å². The van der Waals surface area contributed by atoms with Gasteiger partial charge in [-0.1, -0.05) is 20.8 Å². The van der Waals surface area contributed by atoms with Gasteiger partial charge in [0.15, 0.2) is 0 Å². The predicted octanol–water partition coefficient (Wildman–Crippen LogP) is 3.02. The van der Waals surface area contributed by atoms with Gasteiger partial charge in [0.2, 0.25) is 0 Å². The van der Waals surface area contributed by atoms with E-state index in [2.05, 4.69) is 31.4 Å². The largest absolute Gasteiger partial charge is 0.377 e. The summed E-state index contributed by atoms with van der Waals surface area (Å²) in [5.41, 5.74) is 0.903. The normalized spacial score (nSPS) is 11.9. The van der Waals surface area contributed by atoms with Crippen LogP contribution in [0, 0.1) is 5.41 Å². The van der Waals surface area contributed by atoms with Crippen LogP contribution in [0.25, 0.3) is 0 Å². The topological polar surface area (TPSA) is 76.7 Å². The second kappa shape index (κ2) is 10.4. The summed E-state index contributed by atoms with van der Waals surface area (Å²) in [6.07, 6.45) is 0. The molecule has 0 saturated carbocycles. The number of hydrogen-bond donors (Lipinski definition) is 2. The predicted molar refractivity (Wildman–Crippen MR) is 107 cm³/mol. The fourth-order valence-electron chi connectivity index (χ4n) is 2.07. The van der Waals surface area contributed by atoms with Gasteiger partial charge in [-0.15, -0.1) is 0 Å². The Hall–Kier alpha value is -1.92. The molecule has 0 radical (unpaired) electrons. The first-order valence-electron chi connectivity index (χ1n) is 9.36. The molecule has 1 aromatic rings. The maximum absolute atomic E-state index is 12.1. The summed E-state index contributed by atoms with van der Waals surface area (Å²) in [5.74, 6) is -0.325. The number of ether oxygens (including phenoxy) is 2. The molecule has 152 valence electrons. The Labute approximate surface area is 163 Å². The van der Waals surface area contributed by atoms with E-state index in [4.69, 9.17) is 9.47 Å². The molecule has 6 heteroatoms. The van der Waals surface area contributed by atoms with Crippen molar-refractivity contribution in [1.82, 2.24) is 10.6 Å². The number of rotatable bonds is 9. The minimum Gasteiger partial charge on any atom is -0.377 e. The number of amides is 2. The zero-order valence-electron chi connectivity index (χ0n) is 17.5. The SMILES string of the molecule is CC(C)(C)CNC(=O)c1ccc(C(=O)NCCOCCOC(C)(C)C)cc1. The summed E-state index contributed by atoms with van der Waals surface area (Å²) in [6, 6.07) is 6.62. The number of carbonyl (C=O) groups is 2. The van der Waals surface area contributed by atoms with Gasteiger partial charge in [-0.05, 0) is 50.5 Å². The summed E-state index contributed by atoms with van der Waals surface area (Å²) in [6.45, 7) is 14.6. The van der Waals surface area contributed by atoms with Crippen molar-refractivity contribution < 1.29 is 19.1 Å². The van der Waals surface area contributed by atoms with Crippen LogP contribution in [0.1, 0.15) is 62.3 Å². The van der Waals surface area contributed by atoms with Crippen molar-refractivity contribution in [2.45, 2.75) is 47.1 Å². The third-order valence-electron chi connectivity index (χ3n) is 3.48. The van der Waals surface area contributed by atoms with Crippen LogP contribution in [-0.4, -0.2) is 50.3 Å². The second-order valence-electron chi connectivity index (χ2n) is 8.65. The molecule has 6 nitrogen and oxygen atoms in total. The minimum absolute atomic E-state index is 0.0242. The molecule has 0 aliphatic heterocycles. The summed E-state index contributed by atoms with van der Waals surface area (Å²) in [4.78, 5) is 24.2. The summed E-state index contributed by atoms with van der Waals surface area (Å²) in [7, 11) is 0. The molecule has 0 atom stereocenters. The first-order valence-corrected chi connectivity index (χ1v) is 9.36. The lowest BCUT2D eigenvalue weighted by Crippen LogP contribution is -2.32. The molecule has 0 unspecified atom stereocenters. The van der Waals surface area contributed by atoms with Gasteiger partial charge in [0, 0.05) is 24.2 Å². The molecule has 0 bridgehead atoms. The van der Waals surface area contributed by atoms with Crippen LogP contribution in [0.5, 0.6) is 0 Å². The molecule has 0 heterocycles. The molecule has 0 aliphatic carbocycles. The van der Waals surface area contributed by atoms with Gasteiger partial charge in [0.25, 0.3) is 11.8 Å². The Bertz CT molecular complexity index is 598. The lowest BCUT2D eigenvalue weighted by Gasteiger charge is -2.19. The molecule has 0 saturated heterocycles. The van der Waals surface area contributed by atoms with E-state index in [9.17, 15) is 9.59 Å². The molecule has 1 aromatic carbocycles. The van der Waals surface area contributed by atoms with Crippen LogP contribution < -0.4 is 10.6 Å². The van der Waals surface area contributed by atoms with Gasteiger partial charge in [-0.25, -0.2) is 0 Å². The van der Waals surface area contributed by atoms with E-state index in [0.717, 1.165) is 0 Å². The number of benzene rings is 1. The Morgan fingerprint density at radius 3 is 1.81 bits per heavy atom. The Morgan fingerprint density at radius 2 is 1.33 bits per heavy atom. The minimum atomic E-state index is -0.189. The fourth-order valence-corrected chi connectivity index (χ4v) is 2.07. The standard InChI is InChI=1S/C21H34N2O4/c1-20(2,3)15-23-19(25)17-9-7-16(8-10-17)18(24)22-11-12-26-13-14-27-21(4,5)6/h7-10H,11-15H2,1-6H3,(H,22,24)(H,23,25). The summed E-state index contributed by atoms with van der Waals surface area (Å²) < 4.78 is 11.0. The molecule has 2 amide bonds. The highest BCUT2D eigenvalue weighted by Crippen LogP contribution is 2.11. The van der Waals surface area contributed by atoms with Crippen molar-refractivity contribution in [2.24, 2.45) is 5.41 Å². The second-order valence-corrected chi connectivity index (χ2v) is 8.65.